The van der Waals surface area contributed by atoms with Crippen LogP contribution in [0.3, 0.4) is 0 Å². The van der Waals surface area contributed by atoms with Crippen molar-refractivity contribution in [1.29, 1.82) is 0 Å². The maximum Gasteiger partial charge on any atom is 0.262 e. The van der Waals surface area contributed by atoms with Crippen LogP contribution in [0.1, 0.15) is 5.56 Å². The average Bonchev–Trinajstić information content (AvgIpc) is 2.80. The molecule has 2 aromatic heterocycles. The van der Waals surface area contributed by atoms with E-state index in [9.17, 15) is 12.8 Å². The Labute approximate surface area is 203 Å². The second kappa shape index (κ2) is 9.16. The van der Waals surface area contributed by atoms with E-state index in [2.05, 4.69) is 25.0 Å². The molecule has 0 fully saturated rings. The Morgan fingerprint density at radius 1 is 1.03 bits per heavy atom. The van der Waals surface area contributed by atoms with Gasteiger partial charge in [0.1, 0.15) is 34.3 Å². The van der Waals surface area contributed by atoms with Crippen LogP contribution in [-0.4, -0.2) is 30.5 Å². The molecule has 34 heavy (non-hydrogen) atoms. The van der Waals surface area contributed by atoms with E-state index in [1.54, 1.807) is 6.07 Å². The first-order chi connectivity index (χ1) is 16.1. The number of hydrogen-bond donors (Lipinski definition) is 2. The van der Waals surface area contributed by atoms with Crippen LogP contribution in [0, 0.1) is 18.6 Å². The lowest BCUT2D eigenvalue weighted by Crippen LogP contribution is -2.16. The molecular weight excluding hydrogens is 511 g/mol. The maximum absolute atomic E-state index is 15.3. The van der Waals surface area contributed by atoms with Crippen LogP contribution in [0.15, 0.2) is 47.6 Å². The summed E-state index contributed by atoms with van der Waals surface area (Å²) >= 11 is 12.1. The molecule has 2 N–H and O–H groups in total. The largest absolute Gasteiger partial charge is 0.495 e. The van der Waals surface area contributed by atoms with E-state index < -0.39 is 33.0 Å². The molecule has 0 spiro atoms. The van der Waals surface area contributed by atoms with Crippen LogP contribution in [0.5, 0.6) is 5.75 Å². The normalized spacial score (nSPS) is 11.5. The van der Waals surface area contributed by atoms with Crippen LogP contribution in [-0.2, 0) is 10.0 Å². The van der Waals surface area contributed by atoms with Crippen molar-refractivity contribution in [3.8, 4) is 5.75 Å². The fourth-order valence-electron chi connectivity index (χ4n) is 3.16. The molecule has 0 radical (unpaired) electrons. The predicted molar refractivity (Wildman–Crippen MR) is 126 cm³/mol. The molecule has 0 unspecified atom stereocenters. The zero-order valence-corrected chi connectivity index (χ0v) is 19.9. The molecule has 0 aliphatic carbocycles. The van der Waals surface area contributed by atoms with Gasteiger partial charge in [0.25, 0.3) is 10.0 Å². The van der Waals surface area contributed by atoms with E-state index in [1.807, 2.05) is 0 Å². The molecule has 4 aromatic rings. The van der Waals surface area contributed by atoms with Gasteiger partial charge in [-0.25, -0.2) is 32.2 Å². The van der Waals surface area contributed by atoms with Crippen molar-refractivity contribution in [3.05, 3.63) is 70.1 Å². The fourth-order valence-corrected chi connectivity index (χ4v) is 4.92. The van der Waals surface area contributed by atoms with Crippen LogP contribution in [0.4, 0.5) is 26.0 Å². The summed E-state index contributed by atoms with van der Waals surface area (Å²) in [6, 6.07) is 7.57. The smallest absolute Gasteiger partial charge is 0.262 e. The van der Waals surface area contributed by atoms with Crippen molar-refractivity contribution in [2.45, 2.75) is 11.8 Å². The molecule has 0 aliphatic heterocycles. The van der Waals surface area contributed by atoms with Crippen molar-refractivity contribution >= 4 is 61.5 Å². The number of anilines is 3. The van der Waals surface area contributed by atoms with Gasteiger partial charge in [-0.3, -0.25) is 4.72 Å². The van der Waals surface area contributed by atoms with Gasteiger partial charge in [-0.1, -0.05) is 23.2 Å². The number of rotatable bonds is 6. The number of nitrogens with zero attached hydrogens (tertiary/aromatic N) is 3. The van der Waals surface area contributed by atoms with E-state index in [1.165, 1.54) is 38.6 Å². The number of benzene rings is 2. The number of hydrogen-bond acceptors (Lipinski definition) is 7. The molecule has 2 aromatic carbocycles. The maximum atomic E-state index is 15.3. The van der Waals surface area contributed by atoms with Crippen molar-refractivity contribution < 1.29 is 21.9 Å². The van der Waals surface area contributed by atoms with E-state index in [0.717, 1.165) is 12.1 Å². The quantitative estimate of drug-likeness (QED) is 0.321. The number of pyridine rings is 1. The highest BCUT2D eigenvalue weighted by atomic mass is 35.5. The minimum atomic E-state index is -4.29. The van der Waals surface area contributed by atoms with Crippen molar-refractivity contribution in [1.82, 2.24) is 15.0 Å². The standard InChI is InChI=1S/C21H15Cl2F2N5O3S/c1-10-15(7-6-14(33-2)17(10)23)34(31,32)30-12-4-3-11(24)19(18(12)25)29-21-20-13(26-9-27-21)5-8-16(22)28-20/h3-9,30H,1-2H3,(H,26,27,29). The Balaban J connectivity index is 1.73. The van der Waals surface area contributed by atoms with E-state index in [4.69, 9.17) is 27.9 Å². The number of aromatic nitrogens is 3. The number of methoxy groups -OCH3 is 1. The Hall–Kier alpha value is -3.28. The lowest BCUT2D eigenvalue weighted by Gasteiger charge is -2.16. The monoisotopic (exact) mass is 525 g/mol. The Kier molecular flexibility index (Phi) is 6.43. The predicted octanol–water partition coefficient (Wildman–Crippen LogP) is 5.47. The molecule has 0 atom stereocenters. The lowest BCUT2D eigenvalue weighted by atomic mass is 10.2. The zero-order chi connectivity index (χ0) is 24.6. The summed E-state index contributed by atoms with van der Waals surface area (Å²) in [6.07, 6.45) is 1.18. The summed E-state index contributed by atoms with van der Waals surface area (Å²) in [4.78, 5) is 11.9. The van der Waals surface area contributed by atoms with Gasteiger partial charge in [0.2, 0.25) is 0 Å². The summed E-state index contributed by atoms with van der Waals surface area (Å²) in [5.41, 5.74) is -0.398. The third-order valence-corrected chi connectivity index (χ3v) is 7.03. The average molecular weight is 526 g/mol. The van der Waals surface area contributed by atoms with E-state index in [0.29, 0.717) is 5.52 Å². The highest BCUT2D eigenvalue weighted by Gasteiger charge is 2.24. The second-order valence-electron chi connectivity index (χ2n) is 6.94. The third kappa shape index (κ3) is 4.41. The van der Waals surface area contributed by atoms with Gasteiger partial charge in [0.05, 0.1) is 28.2 Å². The van der Waals surface area contributed by atoms with Crippen LogP contribution >= 0.6 is 23.2 Å². The minimum absolute atomic E-state index is 0.0249. The molecule has 2 heterocycles. The third-order valence-electron chi connectivity index (χ3n) is 4.84. The van der Waals surface area contributed by atoms with E-state index in [-0.39, 0.29) is 37.7 Å². The molecule has 0 saturated carbocycles. The van der Waals surface area contributed by atoms with Crippen LogP contribution < -0.4 is 14.8 Å². The number of sulfonamides is 1. The summed E-state index contributed by atoms with van der Waals surface area (Å²) in [7, 11) is -2.90. The summed E-state index contributed by atoms with van der Waals surface area (Å²) in [5, 5.41) is 2.74. The minimum Gasteiger partial charge on any atom is -0.495 e. The molecule has 13 heteroatoms. The van der Waals surface area contributed by atoms with Crippen molar-refractivity contribution in [2.75, 3.05) is 17.1 Å². The zero-order valence-electron chi connectivity index (χ0n) is 17.5. The lowest BCUT2D eigenvalue weighted by molar-refractivity contribution is 0.414. The first-order valence-corrected chi connectivity index (χ1v) is 11.7. The summed E-state index contributed by atoms with van der Waals surface area (Å²) in [6.45, 7) is 1.48. The van der Waals surface area contributed by atoms with Crippen molar-refractivity contribution in [3.63, 3.8) is 0 Å². The molecule has 0 bridgehead atoms. The topological polar surface area (TPSA) is 106 Å². The molecule has 0 amide bonds. The van der Waals surface area contributed by atoms with Gasteiger partial charge in [0, 0.05) is 0 Å². The van der Waals surface area contributed by atoms with Gasteiger partial charge in [-0.05, 0) is 48.9 Å². The Morgan fingerprint density at radius 2 is 1.79 bits per heavy atom. The van der Waals surface area contributed by atoms with Gasteiger partial charge in [-0.2, -0.15) is 0 Å². The van der Waals surface area contributed by atoms with Crippen LogP contribution in [0.2, 0.25) is 10.2 Å². The highest BCUT2D eigenvalue weighted by Crippen LogP contribution is 2.35. The highest BCUT2D eigenvalue weighted by molar-refractivity contribution is 7.92. The molecule has 8 nitrogen and oxygen atoms in total. The number of fused-ring (bicyclic) bond motifs is 1. The van der Waals surface area contributed by atoms with Crippen LogP contribution in [0.25, 0.3) is 11.0 Å². The Bertz CT molecular complexity index is 1540. The Morgan fingerprint density at radius 3 is 2.53 bits per heavy atom. The molecule has 4 rings (SSSR count). The first kappa shape index (κ1) is 23.9. The number of ether oxygens (including phenoxy) is 1. The summed E-state index contributed by atoms with van der Waals surface area (Å²) < 4.78 is 62.9. The van der Waals surface area contributed by atoms with Gasteiger partial charge in [-0.15, -0.1) is 0 Å². The van der Waals surface area contributed by atoms with Gasteiger partial charge >= 0.3 is 0 Å². The van der Waals surface area contributed by atoms with Gasteiger partial charge < -0.3 is 10.1 Å². The molecule has 176 valence electrons. The number of nitrogens with one attached hydrogen (secondary N) is 2. The van der Waals surface area contributed by atoms with E-state index >= 15 is 4.39 Å². The fraction of sp³-hybridized carbons (Fsp3) is 0.0952. The SMILES string of the molecule is COc1ccc(S(=O)(=O)Nc2ccc(F)c(Nc3ncnc4ccc(Cl)nc34)c2F)c(C)c1Cl. The van der Waals surface area contributed by atoms with Gasteiger partial charge in [0.15, 0.2) is 11.6 Å². The molecule has 0 aliphatic rings. The van der Waals surface area contributed by atoms with Crippen molar-refractivity contribution in [2.24, 2.45) is 0 Å². The summed E-state index contributed by atoms with van der Waals surface area (Å²) in [5.74, 6) is -1.93. The molecular formula is C21H15Cl2F2N5O3S. The second-order valence-corrected chi connectivity index (χ2v) is 9.36. The molecule has 0 saturated heterocycles. The first-order valence-electron chi connectivity index (χ1n) is 9.50. The number of halogens is 4.